The largest absolute Gasteiger partial charge is 0.369 e. The van der Waals surface area contributed by atoms with Crippen LogP contribution in [0.5, 0.6) is 0 Å². The number of nitrogens with one attached hydrogen (secondary N) is 1. The fraction of sp³-hybridized carbons (Fsp3) is 0.625. The Labute approximate surface area is 110 Å². The third kappa shape index (κ3) is 2.39. The minimum absolute atomic E-state index is 0.678. The van der Waals surface area contributed by atoms with E-state index in [1.807, 2.05) is 0 Å². The van der Waals surface area contributed by atoms with Gasteiger partial charge in [-0.25, -0.2) is 0 Å². The first-order valence-electron chi connectivity index (χ1n) is 7.47. The molecule has 1 aromatic carbocycles. The summed E-state index contributed by atoms with van der Waals surface area (Å²) in [5, 5.41) is 3.63. The Kier molecular flexibility index (Phi) is 3.55. The molecular formula is C16H24N2. The molecule has 0 saturated carbocycles. The van der Waals surface area contributed by atoms with Crippen molar-refractivity contribution in [3.05, 3.63) is 29.3 Å². The number of nitrogens with zero attached hydrogens (tertiary/aromatic N) is 1. The summed E-state index contributed by atoms with van der Waals surface area (Å²) in [5.74, 6) is 0. The van der Waals surface area contributed by atoms with Crippen LogP contribution in [0.4, 0.5) is 5.69 Å². The van der Waals surface area contributed by atoms with E-state index in [9.17, 15) is 0 Å². The van der Waals surface area contributed by atoms with Gasteiger partial charge in [0, 0.05) is 31.4 Å². The van der Waals surface area contributed by atoms with E-state index in [1.165, 1.54) is 44.3 Å². The molecule has 1 aliphatic carbocycles. The zero-order valence-electron chi connectivity index (χ0n) is 11.4. The Balaban J connectivity index is 1.73. The fourth-order valence-electron chi connectivity index (χ4n) is 3.36. The summed E-state index contributed by atoms with van der Waals surface area (Å²) < 4.78 is 0. The van der Waals surface area contributed by atoms with E-state index in [4.69, 9.17) is 0 Å². The lowest BCUT2D eigenvalue weighted by molar-refractivity contribution is 0.431. The molecule has 0 radical (unpaired) electrons. The molecule has 1 aromatic rings. The van der Waals surface area contributed by atoms with Crippen molar-refractivity contribution in [2.45, 2.75) is 45.1 Å². The van der Waals surface area contributed by atoms with Gasteiger partial charge >= 0.3 is 0 Å². The molecule has 1 heterocycles. The van der Waals surface area contributed by atoms with Crippen LogP contribution in [0.1, 0.15) is 37.3 Å². The normalized spacial score (nSPS) is 23.2. The van der Waals surface area contributed by atoms with E-state index >= 15 is 0 Å². The van der Waals surface area contributed by atoms with E-state index in [1.54, 1.807) is 11.1 Å². The number of benzene rings is 1. The third-order valence-electron chi connectivity index (χ3n) is 4.34. The molecule has 0 spiro atoms. The molecule has 1 aliphatic heterocycles. The van der Waals surface area contributed by atoms with Crippen LogP contribution < -0.4 is 10.2 Å². The molecule has 3 rings (SSSR count). The van der Waals surface area contributed by atoms with Crippen LogP contribution in [-0.4, -0.2) is 25.7 Å². The van der Waals surface area contributed by atoms with E-state index in [2.05, 4.69) is 35.3 Å². The maximum Gasteiger partial charge on any atom is 0.0370 e. The maximum atomic E-state index is 3.63. The molecule has 98 valence electrons. The molecule has 0 bridgehead atoms. The first-order chi connectivity index (χ1) is 8.86. The number of rotatable bonds is 3. The number of anilines is 1. The molecule has 1 atom stereocenters. The molecule has 0 aromatic heterocycles. The summed E-state index contributed by atoms with van der Waals surface area (Å²) in [5.41, 5.74) is 4.62. The Morgan fingerprint density at radius 2 is 2.17 bits per heavy atom. The van der Waals surface area contributed by atoms with Gasteiger partial charge in [0.05, 0.1) is 0 Å². The first-order valence-corrected chi connectivity index (χ1v) is 7.47. The average molecular weight is 244 g/mol. The number of hydrogen-bond donors (Lipinski definition) is 1. The first kappa shape index (κ1) is 12.0. The van der Waals surface area contributed by atoms with Crippen LogP contribution >= 0.6 is 0 Å². The highest BCUT2D eigenvalue weighted by molar-refractivity contribution is 5.52. The van der Waals surface area contributed by atoms with Crippen molar-refractivity contribution >= 4 is 5.69 Å². The van der Waals surface area contributed by atoms with E-state index in [0.29, 0.717) is 6.04 Å². The van der Waals surface area contributed by atoms with Gasteiger partial charge in [-0.3, -0.25) is 0 Å². The van der Waals surface area contributed by atoms with Gasteiger partial charge in [0.1, 0.15) is 0 Å². The lowest BCUT2D eigenvalue weighted by Crippen LogP contribution is -2.50. The molecule has 18 heavy (non-hydrogen) atoms. The van der Waals surface area contributed by atoms with Crippen molar-refractivity contribution in [3.63, 3.8) is 0 Å². The van der Waals surface area contributed by atoms with Crippen molar-refractivity contribution in [2.24, 2.45) is 0 Å². The summed E-state index contributed by atoms with van der Waals surface area (Å²) in [6.07, 6.45) is 6.49. The summed E-state index contributed by atoms with van der Waals surface area (Å²) in [7, 11) is 0. The van der Waals surface area contributed by atoms with Gasteiger partial charge in [-0.05, 0) is 48.9 Å². The zero-order valence-corrected chi connectivity index (χ0v) is 11.4. The van der Waals surface area contributed by atoms with E-state index < -0.39 is 0 Å². The standard InChI is InChI=1S/C16H24N2/c1-2-4-15-12-18(10-9-17-15)16-8-7-13-5-3-6-14(13)11-16/h7-8,11,15,17H,2-6,9-10,12H2,1H3. The van der Waals surface area contributed by atoms with Gasteiger partial charge in [0.15, 0.2) is 0 Å². The van der Waals surface area contributed by atoms with Gasteiger partial charge in [0.25, 0.3) is 0 Å². The number of aryl methyl sites for hydroxylation is 2. The van der Waals surface area contributed by atoms with Crippen LogP contribution in [-0.2, 0) is 12.8 Å². The lowest BCUT2D eigenvalue weighted by atomic mass is 10.1. The summed E-state index contributed by atoms with van der Waals surface area (Å²) in [6.45, 7) is 5.73. The Bertz CT molecular complexity index is 412. The fourth-order valence-corrected chi connectivity index (χ4v) is 3.36. The Morgan fingerprint density at radius 3 is 3.06 bits per heavy atom. The van der Waals surface area contributed by atoms with Crippen LogP contribution in [0.15, 0.2) is 18.2 Å². The SMILES string of the molecule is CCCC1CN(c2ccc3c(c2)CCC3)CCN1. The summed E-state index contributed by atoms with van der Waals surface area (Å²) in [6, 6.07) is 7.81. The number of hydrogen-bond acceptors (Lipinski definition) is 2. The lowest BCUT2D eigenvalue weighted by Gasteiger charge is -2.35. The van der Waals surface area contributed by atoms with Crippen LogP contribution in [0.3, 0.4) is 0 Å². The quantitative estimate of drug-likeness (QED) is 0.879. The molecule has 2 nitrogen and oxygen atoms in total. The summed E-state index contributed by atoms with van der Waals surface area (Å²) in [4.78, 5) is 2.56. The predicted molar refractivity (Wildman–Crippen MR) is 77.4 cm³/mol. The van der Waals surface area contributed by atoms with Crippen LogP contribution in [0.25, 0.3) is 0 Å². The Hall–Kier alpha value is -1.02. The topological polar surface area (TPSA) is 15.3 Å². The van der Waals surface area contributed by atoms with Gasteiger partial charge in [-0.1, -0.05) is 19.4 Å². The molecule has 2 heteroatoms. The zero-order chi connectivity index (χ0) is 12.4. The van der Waals surface area contributed by atoms with Crippen LogP contribution in [0.2, 0.25) is 0 Å². The van der Waals surface area contributed by atoms with Crippen molar-refractivity contribution in [1.82, 2.24) is 5.32 Å². The summed E-state index contributed by atoms with van der Waals surface area (Å²) >= 11 is 0. The molecular weight excluding hydrogens is 220 g/mol. The minimum atomic E-state index is 0.678. The van der Waals surface area contributed by atoms with Crippen molar-refractivity contribution in [3.8, 4) is 0 Å². The third-order valence-corrected chi connectivity index (χ3v) is 4.34. The van der Waals surface area contributed by atoms with Crippen molar-refractivity contribution in [1.29, 1.82) is 0 Å². The van der Waals surface area contributed by atoms with Gasteiger partial charge in [-0.15, -0.1) is 0 Å². The molecule has 1 unspecified atom stereocenters. The second-order valence-corrected chi connectivity index (χ2v) is 5.69. The molecule has 2 aliphatic rings. The minimum Gasteiger partial charge on any atom is -0.369 e. The van der Waals surface area contributed by atoms with Crippen molar-refractivity contribution in [2.75, 3.05) is 24.5 Å². The Morgan fingerprint density at radius 1 is 1.28 bits per heavy atom. The molecule has 1 fully saturated rings. The van der Waals surface area contributed by atoms with Gasteiger partial charge in [-0.2, -0.15) is 0 Å². The van der Waals surface area contributed by atoms with E-state index in [0.717, 1.165) is 13.1 Å². The van der Waals surface area contributed by atoms with Crippen molar-refractivity contribution < 1.29 is 0 Å². The molecule has 1 N–H and O–H groups in total. The maximum absolute atomic E-state index is 3.63. The van der Waals surface area contributed by atoms with Gasteiger partial charge in [0.2, 0.25) is 0 Å². The van der Waals surface area contributed by atoms with Crippen LogP contribution in [0, 0.1) is 0 Å². The molecule has 1 saturated heterocycles. The molecule has 0 amide bonds. The average Bonchev–Trinajstić information content (AvgIpc) is 2.86. The highest BCUT2D eigenvalue weighted by Crippen LogP contribution is 2.27. The monoisotopic (exact) mass is 244 g/mol. The number of piperazine rings is 1. The number of fused-ring (bicyclic) bond motifs is 1. The smallest absolute Gasteiger partial charge is 0.0370 e. The van der Waals surface area contributed by atoms with Gasteiger partial charge < -0.3 is 10.2 Å². The highest BCUT2D eigenvalue weighted by atomic mass is 15.2. The van der Waals surface area contributed by atoms with E-state index in [-0.39, 0.29) is 0 Å². The highest BCUT2D eigenvalue weighted by Gasteiger charge is 2.20. The second kappa shape index (κ2) is 5.31. The second-order valence-electron chi connectivity index (χ2n) is 5.69. The predicted octanol–water partition coefficient (Wildman–Crippen LogP) is 2.75.